The number of hydrogen-bond donors (Lipinski definition) is 0. The highest BCUT2D eigenvalue weighted by atomic mass is 16.6. The molecule has 4 heteroatoms. The van der Waals surface area contributed by atoms with E-state index in [0.717, 1.165) is 51.7 Å². The molecule has 1 fully saturated rings. The molecule has 0 unspecified atom stereocenters. The number of carbonyl (C=O) groups is 1. The predicted molar refractivity (Wildman–Crippen MR) is 226 cm³/mol. The van der Waals surface area contributed by atoms with E-state index in [2.05, 4.69) is 67.4 Å². The van der Waals surface area contributed by atoms with E-state index in [1.807, 2.05) is 4.90 Å². The summed E-state index contributed by atoms with van der Waals surface area (Å²) in [5.41, 5.74) is 0. The van der Waals surface area contributed by atoms with Crippen molar-refractivity contribution in [2.45, 2.75) is 206 Å². The van der Waals surface area contributed by atoms with E-state index in [9.17, 15) is 4.79 Å². The van der Waals surface area contributed by atoms with Crippen LogP contribution in [-0.2, 0) is 4.74 Å². The number of rotatable bonds is 34. The summed E-state index contributed by atoms with van der Waals surface area (Å²) >= 11 is 0. The first-order valence-corrected chi connectivity index (χ1v) is 22.5. The number of ether oxygens (including phenoxy) is 1. The van der Waals surface area contributed by atoms with Crippen molar-refractivity contribution >= 4 is 6.09 Å². The van der Waals surface area contributed by atoms with Crippen LogP contribution in [0.2, 0.25) is 0 Å². The van der Waals surface area contributed by atoms with Gasteiger partial charge in [0.05, 0.1) is 6.61 Å². The lowest BCUT2D eigenvalue weighted by Crippen LogP contribution is -2.34. The van der Waals surface area contributed by atoms with Crippen molar-refractivity contribution in [1.29, 1.82) is 0 Å². The van der Waals surface area contributed by atoms with Crippen molar-refractivity contribution < 1.29 is 9.53 Å². The van der Waals surface area contributed by atoms with Crippen LogP contribution < -0.4 is 0 Å². The number of likely N-dealkylation sites (tertiary alicyclic amines) is 1. The third-order valence-corrected chi connectivity index (χ3v) is 10.3. The number of allylic oxidation sites excluding steroid dienone is 8. The standard InChI is InChI=1S/C47H86N2O2/c1-3-5-7-9-11-13-15-17-19-21-23-25-27-29-34-38-44-49(47(50)51-46-40-43-48-41-36-32-31-33-37-42-48)45-39-35-30-28-26-24-22-20-18-16-14-12-10-8-6-4-2/h11-14,17-20H,3-10,15-16,21-46H2,1-2H3. The normalized spacial score (nSPS) is 14.7. The summed E-state index contributed by atoms with van der Waals surface area (Å²) in [5.74, 6) is 0. The largest absolute Gasteiger partial charge is 0.449 e. The average Bonchev–Trinajstić information content (AvgIpc) is 3.12. The zero-order valence-electron chi connectivity index (χ0n) is 34.3. The number of carbonyl (C=O) groups excluding carboxylic acids is 1. The van der Waals surface area contributed by atoms with Crippen molar-refractivity contribution in [2.24, 2.45) is 0 Å². The summed E-state index contributed by atoms with van der Waals surface area (Å²) in [4.78, 5) is 17.8. The summed E-state index contributed by atoms with van der Waals surface area (Å²) in [6, 6.07) is 0. The maximum Gasteiger partial charge on any atom is 0.409 e. The Morgan fingerprint density at radius 2 is 0.882 bits per heavy atom. The van der Waals surface area contributed by atoms with Gasteiger partial charge in [-0.3, -0.25) is 0 Å². The van der Waals surface area contributed by atoms with E-state index >= 15 is 0 Å². The summed E-state index contributed by atoms with van der Waals surface area (Å²) in [7, 11) is 0. The minimum absolute atomic E-state index is 0.0761. The fraction of sp³-hybridized carbons (Fsp3) is 0.809. The van der Waals surface area contributed by atoms with E-state index in [1.54, 1.807) is 0 Å². The van der Waals surface area contributed by atoms with Gasteiger partial charge in [-0.05, 0) is 109 Å². The van der Waals surface area contributed by atoms with Crippen molar-refractivity contribution in [1.82, 2.24) is 9.80 Å². The quantitative estimate of drug-likeness (QED) is 0.0492. The van der Waals surface area contributed by atoms with Crippen LogP contribution in [-0.4, -0.2) is 55.2 Å². The Labute approximate surface area is 319 Å². The second-order valence-electron chi connectivity index (χ2n) is 15.2. The maximum atomic E-state index is 13.1. The monoisotopic (exact) mass is 711 g/mol. The van der Waals surface area contributed by atoms with Gasteiger partial charge in [0.1, 0.15) is 0 Å². The van der Waals surface area contributed by atoms with E-state index < -0.39 is 0 Å². The Kier molecular flexibility index (Phi) is 36.5. The Hall–Kier alpha value is -1.81. The molecular formula is C47H86N2O2. The fourth-order valence-corrected chi connectivity index (χ4v) is 6.95. The van der Waals surface area contributed by atoms with Crippen LogP contribution in [0, 0.1) is 0 Å². The van der Waals surface area contributed by atoms with Crippen LogP contribution in [0.25, 0.3) is 0 Å². The molecule has 1 aliphatic heterocycles. The van der Waals surface area contributed by atoms with Crippen LogP contribution in [0.1, 0.15) is 206 Å². The maximum absolute atomic E-state index is 13.1. The summed E-state index contributed by atoms with van der Waals surface area (Å²) in [5, 5.41) is 0. The first-order valence-electron chi connectivity index (χ1n) is 22.5. The minimum atomic E-state index is -0.0761. The van der Waals surface area contributed by atoms with Gasteiger partial charge in [-0.25, -0.2) is 4.79 Å². The van der Waals surface area contributed by atoms with E-state index in [0.29, 0.717) is 6.61 Å². The highest BCUT2D eigenvalue weighted by molar-refractivity contribution is 5.67. The summed E-state index contributed by atoms with van der Waals surface area (Å²) < 4.78 is 5.85. The molecule has 296 valence electrons. The van der Waals surface area contributed by atoms with E-state index in [4.69, 9.17) is 4.74 Å². The van der Waals surface area contributed by atoms with Crippen LogP contribution in [0.3, 0.4) is 0 Å². The van der Waals surface area contributed by atoms with Gasteiger partial charge in [0.25, 0.3) is 0 Å². The van der Waals surface area contributed by atoms with Crippen LogP contribution in [0.15, 0.2) is 48.6 Å². The topological polar surface area (TPSA) is 32.8 Å². The van der Waals surface area contributed by atoms with Crippen molar-refractivity contribution in [3.63, 3.8) is 0 Å². The first-order chi connectivity index (χ1) is 25.3. The highest BCUT2D eigenvalue weighted by Gasteiger charge is 2.15. The molecule has 0 aromatic rings. The molecule has 0 spiro atoms. The third-order valence-electron chi connectivity index (χ3n) is 10.3. The minimum Gasteiger partial charge on any atom is -0.449 e. The smallest absolute Gasteiger partial charge is 0.409 e. The molecule has 1 saturated heterocycles. The molecule has 51 heavy (non-hydrogen) atoms. The molecule has 0 N–H and O–H groups in total. The average molecular weight is 711 g/mol. The Morgan fingerprint density at radius 1 is 0.490 bits per heavy atom. The van der Waals surface area contributed by atoms with Crippen molar-refractivity contribution in [3.8, 4) is 0 Å². The number of nitrogens with zero attached hydrogens (tertiary/aromatic N) is 2. The fourth-order valence-electron chi connectivity index (χ4n) is 6.95. The van der Waals surface area contributed by atoms with Gasteiger partial charge in [0.2, 0.25) is 0 Å². The lowest BCUT2D eigenvalue weighted by molar-refractivity contribution is 0.0954. The van der Waals surface area contributed by atoms with Crippen LogP contribution >= 0.6 is 0 Å². The van der Waals surface area contributed by atoms with Crippen molar-refractivity contribution in [3.05, 3.63) is 48.6 Å². The second kappa shape index (κ2) is 39.4. The van der Waals surface area contributed by atoms with Gasteiger partial charge in [-0.15, -0.1) is 0 Å². The second-order valence-corrected chi connectivity index (χ2v) is 15.2. The molecule has 0 radical (unpaired) electrons. The van der Waals surface area contributed by atoms with Gasteiger partial charge < -0.3 is 14.5 Å². The zero-order chi connectivity index (χ0) is 36.6. The number of amides is 1. The lowest BCUT2D eigenvalue weighted by atomic mass is 10.1. The Bertz CT molecular complexity index is 791. The van der Waals surface area contributed by atoms with Crippen LogP contribution in [0.5, 0.6) is 0 Å². The molecule has 4 nitrogen and oxygen atoms in total. The summed E-state index contributed by atoms with van der Waals surface area (Å²) in [6.07, 6.45) is 56.3. The van der Waals surface area contributed by atoms with Crippen LogP contribution in [0.4, 0.5) is 4.79 Å². The van der Waals surface area contributed by atoms with Crippen molar-refractivity contribution in [2.75, 3.05) is 39.3 Å². The molecule has 1 rings (SSSR count). The molecule has 0 bridgehead atoms. The Morgan fingerprint density at radius 3 is 1.33 bits per heavy atom. The highest BCUT2D eigenvalue weighted by Crippen LogP contribution is 2.14. The third kappa shape index (κ3) is 33.8. The number of hydrogen-bond acceptors (Lipinski definition) is 3. The molecule has 1 heterocycles. The molecule has 1 aliphatic rings. The predicted octanol–water partition coefficient (Wildman–Crippen LogP) is 14.7. The van der Waals surface area contributed by atoms with Gasteiger partial charge in [0, 0.05) is 19.6 Å². The van der Waals surface area contributed by atoms with E-state index in [1.165, 1.54) is 174 Å². The SMILES string of the molecule is CCCCCC=CCC=CCCCCCCCCN(CCCCCCCCC=CCC=CCCCCC)C(=O)OCCCN1CCCCCCC1. The van der Waals surface area contributed by atoms with Gasteiger partial charge in [0.15, 0.2) is 0 Å². The molecule has 0 saturated carbocycles. The summed E-state index contributed by atoms with van der Waals surface area (Å²) in [6.45, 7) is 10.3. The molecule has 0 aliphatic carbocycles. The zero-order valence-corrected chi connectivity index (χ0v) is 34.3. The number of unbranched alkanes of at least 4 members (excludes halogenated alkanes) is 18. The van der Waals surface area contributed by atoms with Gasteiger partial charge >= 0.3 is 6.09 Å². The van der Waals surface area contributed by atoms with Gasteiger partial charge in [-0.1, -0.05) is 159 Å². The van der Waals surface area contributed by atoms with Gasteiger partial charge in [-0.2, -0.15) is 0 Å². The molecule has 1 amide bonds. The molecule has 0 aromatic heterocycles. The molecule has 0 atom stereocenters. The first kappa shape index (κ1) is 47.2. The lowest BCUT2D eigenvalue weighted by Gasteiger charge is -2.25. The molecular weight excluding hydrogens is 625 g/mol. The van der Waals surface area contributed by atoms with E-state index in [-0.39, 0.29) is 6.09 Å². The Balaban J connectivity index is 2.23. The molecule has 0 aromatic carbocycles.